The highest BCUT2D eigenvalue weighted by molar-refractivity contribution is 5.69. The summed E-state index contributed by atoms with van der Waals surface area (Å²) in [5.41, 5.74) is 4.00. The van der Waals surface area contributed by atoms with Crippen LogP contribution in [-0.4, -0.2) is 14.2 Å². The van der Waals surface area contributed by atoms with Gasteiger partial charge >= 0.3 is 0 Å². The Balaban J connectivity index is 2.65. The molecule has 1 aromatic carbocycles. The topological polar surface area (TPSA) is 18.5 Å². The molecule has 1 rings (SSSR count). The minimum atomic E-state index is 0.848. The molecule has 0 heterocycles. The molecule has 0 radical (unpaired) electrons. The van der Waals surface area contributed by atoms with Crippen LogP contribution in [0.15, 0.2) is 23.8 Å². The van der Waals surface area contributed by atoms with E-state index in [2.05, 4.69) is 32.9 Å². The van der Waals surface area contributed by atoms with Gasteiger partial charge in [0.2, 0.25) is 0 Å². The van der Waals surface area contributed by atoms with Crippen LogP contribution in [0.25, 0.3) is 5.57 Å². The zero-order valence-corrected chi connectivity index (χ0v) is 15.0. The summed E-state index contributed by atoms with van der Waals surface area (Å²) in [7, 11) is 3.39. The van der Waals surface area contributed by atoms with Crippen LogP contribution < -0.4 is 9.47 Å². The summed E-state index contributed by atoms with van der Waals surface area (Å²) in [6, 6.07) is 6.09. The van der Waals surface area contributed by atoms with Gasteiger partial charge in [0, 0.05) is 6.07 Å². The fraction of sp³-hybridized carbons (Fsp3) is 0.600. The normalized spacial score (nSPS) is 12.0. The first-order chi connectivity index (χ1) is 10.6. The van der Waals surface area contributed by atoms with Gasteiger partial charge in [-0.1, -0.05) is 44.6 Å². The van der Waals surface area contributed by atoms with E-state index < -0.39 is 0 Å². The molecule has 0 N–H and O–H groups in total. The minimum Gasteiger partial charge on any atom is -0.497 e. The van der Waals surface area contributed by atoms with Gasteiger partial charge in [0.05, 0.1) is 14.2 Å². The third-order valence-corrected chi connectivity index (χ3v) is 4.33. The largest absolute Gasteiger partial charge is 0.497 e. The average molecular weight is 304 g/mol. The molecule has 0 atom stereocenters. The molecule has 0 saturated heterocycles. The summed E-state index contributed by atoms with van der Waals surface area (Å²) in [5.74, 6) is 1.70. The molecule has 0 bridgehead atoms. The van der Waals surface area contributed by atoms with Gasteiger partial charge in [-0.05, 0) is 50.0 Å². The van der Waals surface area contributed by atoms with Crippen molar-refractivity contribution in [3.63, 3.8) is 0 Å². The van der Waals surface area contributed by atoms with Crippen molar-refractivity contribution < 1.29 is 9.47 Å². The van der Waals surface area contributed by atoms with Gasteiger partial charge in [-0.15, -0.1) is 0 Å². The summed E-state index contributed by atoms with van der Waals surface area (Å²) in [6.45, 7) is 6.70. The highest BCUT2D eigenvalue weighted by atomic mass is 16.5. The van der Waals surface area contributed by atoms with Gasteiger partial charge in [0.25, 0.3) is 0 Å². The van der Waals surface area contributed by atoms with E-state index in [1.54, 1.807) is 14.2 Å². The summed E-state index contributed by atoms with van der Waals surface area (Å²) in [4.78, 5) is 0. The quantitative estimate of drug-likeness (QED) is 0.476. The molecule has 0 spiro atoms. The third kappa shape index (κ3) is 6.13. The van der Waals surface area contributed by atoms with Crippen molar-refractivity contribution in [1.29, 1.82) is 0 Å². The van der Waals surface area contributed by atoms with Crippen molar-refractivity contribution in [1.82, 2.24) is 0 Å². The molecule has 0 aromatic heterocycles. The van der Waals surface area contributed by atoms with Crippen LogP contribution in [0.1, 0.15) is 71.3 Å². The Hall–Kier alpha value is -1.44. The lowest BCUT2D eigenvalue weighted by atomic mass is 9.97. The predicted octanol–water partition coefficient (Wildman–Crippen LogP) is 6.25. The number of allylic oxidation sites excluding steroid dienone is 2. The van der Waals surface area contributed by atoms with Crippen LogP contribution in [0.3, 0.4) is 0 Å². The molecule has 124 valence electrons. The van der Waals surface area contributed by atoms with E-state index in [9.17, 15) is 0 Å². The second kappa shape index (κ2) is 10.3. The van der Waals surface area contributed by atoms with Gasteiger partial charge < -0.3 is 9.47 Å². The molecule has 2 nitrogen and oxygen atoms in total. The maximum absolute atomic E-state index is 5.36. The Morgan fingerprint density at radius 2 is 1.36 bits per heavy atom. The Morgan fingerprint density at radius 1 is 0.818 bits per heavy atom. The van der Waals surface area contributed by atoms with Crippen LogP contribution in [0.5, 0.6) is 11.5 Å². The number of rotatable bonds is 10. The molecule has 0 saturated carbocycles. The highest BCUT2D eigenvalue weighted by Gasteiger charge is 2.06. The van der Waals surface area contributed by atoms with Gasteiger partial charge in [-0.2, -0.15) is 0 Å². The molecular formula is C20H32O2. The minimum absolute atomic E-state index is 0.848. The standard InChI is InChI=1S/C20H32O2/c1-6-7-8-9-10-11-12-16(2)17(3)18-13-19(21-4)15-20(14-18)22-5/h13-15H,6-12H2,1-5H3. The van der Waals surface area contributed by atoms with E-state index in [0.717, 1.165) is 11.5 Å². The SMILES string of the molecule is CCCCCCCCC(C)=C(C)c1cc(OC)cc(OC)c1. The van der Waals surface area contributed by atoms with Crippen molar-refractivity contribution in [2.45, 2.75) is 65.7 Å². The van der Waals surface area contributed by atoms with E-state index >= 15 is 0 Å². The molecule has 0 fully saturated rings. The summed E-state index contributed by atoms with van der Waals surface area (Å²) in [5, 5.41) is 0. The monoisotopic (exact) mass is 304 g/mol. The van der Waals surface area contributed by atoms with Gasteiger partial charge in [-0.25, -0.2) is 0 Å². The van der Waals surface area contributed by atoms with E-state index in [4.69, 9.17) is 9.47 Å². The molecular weight excluding hydrogens is 272 g/mol. The fourth-order valence-electron chi connectivity index (χ4n) is 2.63. The second-order valence-electron chi connectivity index (χ2n) is 6.02. The predicted molar refractivity (Wildman–Crippen MR) is 95.8 cm³/mol. The van der Waals surface area contributed by atoms with Crippen LogP contribution in [0, 0.1) is 0 Å². The molecule has 0 aliphatic heterocycles. The first kappa shape index (κ1) is 18.6. The fourth-order valence-corrected chi connectivity index (χ4v) is 2.63. The van der Waals surface area contributed by atoms with Crippen LogP contribution in [0.2, 0.25) is 0 Å². The molecule has 2 heteroatoms. The lowest BCUT2D eigenvalue weighted by Crippen LogP contribution is -1.92. The zero-order chi connectivity index (χ0) is 16.4. The van der Waals surface area contributed by atoms with E-state index in [0.29, 0.717) is 0 Å². The van der Waals surface area contributed by atoms with Gasteiger partial charge in [0.1, 0.15) is 11.5 Å². The number of unbranched alkanes of at least 4 members (excludes halogenated alkanes) is 5. The third-order valence-electron chi connectivity index (χ3n) is 4.33. The van der Waals surface area contributed by atoms with Crippen molar-refractivity contribution >= 4 is 5.57 Å². The number of ether oxygens (including phenoxy) is 2. The van der Waals surface area contributed by atoms with Crippen LogP contribution in [0.4, 0.5) is 0 Å². The average Bonchev–Trinajstić information content (AvgIpc) is 2.56. The smallest absolute Gasteiger partial charge is 0.123 e. The maximum atomic E-state index is 5.36. The molecule has 1 aromatic rings. The molecule has 0 amide bonds. The van der Waals surface area contributed by atoms with Crippen molar-refractivity contribution in [2.75, 3.05) is 14.2 Å². The van der Waals surface area contributed by atoms with Gasteiger partial charge in [-0.3, -0.25) is 0 Å². The summed E-state index contributed by atoms with van der Waals surface area (Å²) >= 11 is 0. The lowest BCUT2D eigenvalue weighted by molar-refractivity contribution is 0.394. The summed E-state index contributed by atoms with van der Waals surface area (Å²) in [6.07, 6.45) is 9.24. The van der Waals surface area contributed by atoms with Crippen molar-refractivity contribution in [2.24, 2.45) is 0 Å². The first-order valence-corrected chi connectivity index (χ1v) is 8.52. The number of hydrogen-bond donors (Lipinski definition) is 0. The Labute approximate surface area is 136 Å². The number of methoxy groups -OCH3 is 2. The molecule has 0 aliphatic carbocycles. The summed E-state index contributed by atoms with van der Waals surface area (Å²) < 4.78 is 10.7. The van der Waals surface area contributed by atoms with Crippen LogP contribution >= 0.6 is 0 Å². The maximum Gasteiger partial charge on any atom is 0.123 e. The highest BCUT2D eigenvalue weighted by Crippen LogP contribution is 2.29. The van der Waals surface area contributed by atoms with E-state index in [1.807, 2.05) is 6.07 Å². The molecule has 0 aliphatic rings. The van der Waals surface area contributed by atoms with Crippen molar-refractivity contribution in [3.8, 4) is 11.5 Å². The zero-order valence-electron chi connectivity index (χ0n) is 15.0. The lowest BCUT2D eigenvalue weighted by Gasteiger charge is -2.12. The van der Waals surface area contributed by atoms with E-state index in [1.165, 1.54) is 61.7 Å². The van der Waals surface area contributed by atoms with Crippen molar-refractivity contribution in [3.05, 3.63) is 29.3 Å². The van der Waals surface area contributed by atoms with Crippen LogP contribution in [-0.2, 0) is 0 Å². The Kier molecular flexibility index (Phi) is 8.72. The van der Waals surface area contributed by atoms with E-state index in [-0.39, 0.29) is 0 Å². The number of hydrogen-bond acceptors (Lipinski definition) is 2. The second-order valence-corrected chi connectivity index (χ2v) is 6.02. The molecule has 22 heavy (non-hydrogen) atoms. The first-order valence-electron chi connectivity index (χ1n) is 8.52. The molecule has 0 unspecified atom stereocenters. The van der Waals surface area contributed by atoms with Gasteiger partial charge in [0.15, 0.2) is 0 Å². The number of benzene rings is 1. The Morgan fingerprint density at radius 3 is 1.91 bits per heavy atom. The Bertz CT molecular complexity index is 452.